The van der Waals surface area contributed by atoms with E-state index in [1.165, 1.54) is 0 Å². The Balaban J connectivity index is 1.87. The summed E-state index contributed by atoms with van der Waals surface area (Å²) in [6, 6.07) is 5.54. The molecule has 2 atom stereocenters. The van der Waals surface area contributed by atoms with Crippen LogP contribution in [0.25, 0.3) is 0 Å². The molecule has 0 bridgehead atoms. The van der Waals surface area contributed by atoms with Crippen LogP contribution in [0.2, 0.25) is 5.02 Å². The van der Waals surface area contributed by atoms with Crippen LogP contribution in [-0.4, -0.2) is 48.0 Å². The molecule has 1 aromatic carbocycles. The van der Waals surface area contributed by atoms with Crippen LogP contribution < -0.4 is 4.90 Å². The lowest BCUT2D eigenvalue weighted by Crippen LogP contribution is -2.48. The van der Waals surface area contributed by atoms with Gasteiger partial charge in [-0.3, -0.25) is 14.4 Å². The van der Waals surface area contributed by atoms with Crippen LogP contribution >= 0.6 is 23.2 Å². The first kappa shape index (κ1) is 18.2. The molecule has 2 fully saturated rings. The van der Waals surface area contributed by atoms with E-state index in [1.54, 1.807) is 17.9 Å². The third-order valence-electron chi connectivity index (χ3n) is 5.11. The summed E-state index contributed by atoms with van der Waals surface area (Å²) in [5, 5.41) is 0.136. The Morgan fingerprint density at radius 3 is 2.40 bits per heavy atom. The first-order valence-electron chi connectivity index (χ1n) is 8.39. The van der Waals surface area contributed by atoms with E-state index in [0.29, 0.717) is 37.6 Å². The summed E-state index contributed by atoms with van der Waals surface area (Å²) in [6.07, 6.45) is 0.624. The molecule has 7 heteroatoms. The largest absolute Gasteiger partial charge is 0.367 e. The van der Waals surface area contributed by atoms with Crippen LogP contribution in [0.3, 0.4) is 0 Å². The zero-order valence-electron chi connectivity index (χ0n) is 14.0. The highest BCUT2D eigenvalue weighted by atomic mass is 35.5. The minimum absolute atomic E-state index is 0.0323. The number of carbonyl (C=O) groups excluding carboxylic acids is 3. The van der Waals surface area contributed by atoms with E-state index in [2.05, 4.69) is 4.90 Å². The fourth-order valence-corrected chi connectivity index (χ4v) is 4.22. The Morgan fingerprint density at radius 2 is 1.84 bits per heavy atom. The van der Waals surface area contributed by atoms with Crippen molar-refractivity contribution in [3.63, 3.8) is 0 Å². The van der Waals surface area contributed by atoms with Gasteiger partial charge < -0.3 is 9.80 Å². The van der Waals surface area contributed by atoms with Gasteiger partial charge in [-0.25, -0.2) is 0 Å². The molecule has 0 radical (unpaired) electrons. The van der Waals surface area contributed by atoms with Gasteiger partial charge in [0.25, 0.3) is 0 Å². The van der Waals surface area contributed by atoms with Crippen LogP contribution in [-0.2, 0) is 14.4 Å². The molecule has 1 amide bonds. The van der Waals surface area contributed by atoms with Crippen LogP contribution in [0.4, 0.5) is 5.69 Å². The molecule has 2 unspecified atom stereocenters. The second kappa shape index (κ2) is 7.34. The topological polar surface area (TPSA) is 57.7 Å². The van der Waals surface area contributed by atoms with E-state index in [1.807, 2.05) is 12.1 Å². The van der Waals surface area contributed by atoms with Crippen molar-refractivity contribution in [2.45, 2.75) is 25.7 Å². The number of amides is 1. The zero-order chi connectivity index (χ0) is 18.1. The fraction of sp³-hybridized carbons (Fsp3) is 0.500. The molecule has 1 aliphatic carbocycles. The minimum atomic E-state index is -0.450. The zero-order valence-corrected chi connectivity index (χ0v) is 15.5. The summed E-state index contributed by atoms with van der Waals surface area (Å²) >= 11 is 12.1. The summed E-state index contributed by atoms with van der Waals surface area (Å²) in [6.45, 7) is 4.14. The van der Waals surface area contributed by atoms with Gasteiger partial charge in [-0.2, -0.15) is 0 Å². The van der Waals surface area contributed by atoms with Gasteiger partial charge in [0, 0.05) is 51.4 Å². The molecule has 1 saturated heterocycles. The van der Waals surface area contributed by atoms with Crippen molar-refractivity contribution < 1.29 is 14.4 Å². The van der Waals surface area contributed by atoms with Crippen molar-refractivity contribution in [1.29, 1.82) is 0 Å². The quantitative estimate of drug-likeness (QED) is 0.754. The first-order valence-corrected chi connectivity index (χ1v) is 9.15. The van der Waals surface area contributed by atoms with Crippen LogP contribution in [0, 0.1) is 5.92 Å². The molecule has 25 heavy (non-hydrogen) atoms. The number of halogens is 2. The maximum atomic E-state index is 12.5. The number of hydrogen-bond acceptors (Lipinski definition) is 4. The molecule has 0 spiro atoms. The normalized spacial score (nSPS) is 23.9. The van der Waals surface area contributed by atoms with Gasteiger partial charge in [-0.15, -0.1) is 0 Å². The summed E-state index contributed by atoms with van der Waals surface area (Å²) in [4.78, 5) is 39.4. The second-order valence-corrected chi connectivity index (χ2v) is 7.41. The summed E-state index contributed by atoms with van der Waals surface area (Å²) in [7, 11) is 0. The third kappa shape index (κ3) is 3.67. The van der Waals surface area contributed by atoms with E-state index in [9.17, 15) is 14.4 Å². The van der Waals surface area contributed by atoms with Gasteiger partial charge in [0.1, 0.15) is 5.78 Å². The number of rotatable bonds is 3. The number of hydrogen-bond donors (Lipinski definition) is 0. The SMILES string of the molecule is CC(=O)N1CCN(c2c(Cl)cccc2C2CC(C(=O)Cl)CC2=O)CC1. The van der Waals surface area contributed by atoms with Crippen LogP contribution in [0.15, 0.2) is 18.2 Å². The molecular weight excluding hydrogens is 363 g/mol. The minimum Gasteiger partial charge on any atom is -0.367 e. The molecule has 1 heterocycles. The number of nitrogens with zero attached hydrogens (tertiary/aromatic N) is 2. The summed E-state index contributed by atoms with van der Waals surface area (Å²) < 4.78 is 0. The monoisotopic (exact) mass is 382 g/mol. The van der Waals surface area contributed by atoms with Gasteiger partial charge in [-0.1, -0.05) is 23.7 Å². The lowest BCUT2D eigenvalue weighted by atomic mass is 9.93. The Hall–Kier alpha value is -1.59. The number of Topliss-reactive ketones (excluding diaryl/α,β-unsaturated/α-hetero) is 1. The predicted molar refractivity (Wildman–Crippen MR) is 97.3 cm³/mol. The van der Waals surface area contributed by atoms with Gasteiger partial charge in [0.05, 0.1) is 10.7 Å². The third-order valence-corrected chi connectivity index (χ3v) is 5.73. The highest BCUT2D eigenvalue weighted by Gasteiger charge is 2.39. The van der Waals surface area contributed by atoms with E-state index in [4.69, 9.17) is 23.2 Å². The molecule has 1 aliphatic heterocycles. The number of para-hydroxylation sites is 1. The lowest BCUT2D eigenvalue weighted by molar-refractivity contribution is -0.129. The van der Waals surface area contributed by atoms with Crippen molar-refractivity contribution in [1.82, 2.24) is 4.90 Å². The fourth-order valence-electron chi connectivity index (χ4n) is 3.75. The van der Waals surface area contributed by atoms with Crippen molar-refractivity contribution in [3.05, 3.63) is 28.8 Å². The van der Waals surface area contributed by atoms with Gasteiger partial charge in [0.15, 0.2) is 0 Å². The van der Waals surface area contributed by atoms with Crippen molar-refractivity contribution in [2.75, 3.05) is 31.1 Å². The molecule has 1 saturated carbocycles. The smallest absolute Gasteiger partial charge is 0.225 e. The highest BCUT2D eigenvalue weighted by Crippen LogP contribution is 2.43. The molecule has 3 rings (SSSR count). The van der Waals surface area contributed by atoms with E-state index >= 15 is 0 Å². The number of benzene rings is 1. The van der Waals surface area contributed by atoms with Gasteiger partial charge in [0.2, 0.25) is 11.1 Å². The number of piperazine rings is 1. The van der Waals surface area contributed by atoms with Crippen molar-refractivity contribution in [2.24, 2.45) is 5.92 Å². The first-order chi connectivity index (χ1) is 11.9. The predicted octanol–water partition coefficient (Wildman–Crippen LogP) is 2.84. The molecule has 134 valence electrons. The van der Waals surface area contributed by atoms with Gasteiger partial charge >= 0.3 is 0 Å². The van der Waals surface area contributed by atoms with Gasteiger partial charge in [-0.05, 0) is 29.7 Å². The summed E-state index contributed by atoms with van der Waals surface area (Å²) in [5.41, 5.74) is 1.70. The molecule has 1 aromatic rings. The van der Waals surface area contributed by atoms with Crippen molar-refractivity contribution in [3.8, 4) is 0 Å². The molecule has 0 aromatic heterocycles. The van der Waals surface area contributed by atoms with Crippen LogP contribution in [0.5, 0.6) is 0 Å². The number of anilines is 1. The average molecular weight is 383 g/mol. The number of ketones is 1. The Labute approximate surface area is 156 Å². The van der Waals surface area contributed by atoms with E-state index in [-0.39, 0.29) is 24.0 Å². The Bertz CT molecular complexity index is 714. The average Bonchev–Trinajstić information content (AvgIpc) is 2.97. The van der Waals surface area contributed by atoms with Crippen molar-refractivity contribution >= 4 is 45.8 Å². The maximum Gasteiger partial charge on any atom is 0.225 e. The summed E-state index contributed by atoms with van der Waals surface area (Å²) in [5.74, 6) is -0.675. The van der Waals surface area contributed by atoms with E-state index < -0.39 is 11.2 Å². The second-order valence-electron chi connectivity index (χ2n) is 6.63. The molecule has 5 nitrogen and oxygen atoms in total. The Morgan fingerprint density at radius 1 is 1.16 bits per heavy atom. The molecular formula is C18H20Cl2N2O3. The number of carbonyl (C=O) groups is 3. The lowest BCUT2D eigenvalue weighted by Gasteiger charge is -2.37. The standard InChI is InChI=1S/C18H20Cl2N2O3/c1-11(23)21-5-7-22(8-6-21)17-13(3-2-4-15(17)19)14-9-12(18(20)25)10-16(14)24/h2-4,12,14H,5-10H2,1H3. The molecule has 2 aliphatic rings. The van der Waals surface area contributed by atoms with Crippen LogP contribution in [0.1, 0.15) is 31.2 Å². The Kier molecular flexibility index (Phi) is 5.35. The highest BCUT2D eigenvalue weighted by molar-refractivity contribution is 6.64. The molecule has 0 N–H and O–H groups in total. The van der Waals surface area contributed by atoms with E-state index in [0.717, 1.165) is 11.3 Å². The maximum absolute atomic E-state index is 12.5.